The molecule has 26 heavy (non-hydrogen) atoms. The molecule has 0 aliphatic carbocycles. The molecular formula is C17H13ClN4O3S. The predicted octanol–water partition coefficient (Wildman–Crippen LogP) is 3.38. The Bertz CT molecular complexity index is 963. The lowest BCUT2D eigenvalue weighted by Crippen LogP contribution is -2.14. The molecule has 0 bridgehead atoms. The summed E-state index contributed by atoms with van der Waals surface area (Å²) in [4.78, 5) is 12.2. The van der Waals surface area contributed by atoms with Crippen molar-refractivity contribution >= 4 is 35.0 Å². The number of ether oxygens (including phenoxy) is 2. The number of carbonyl (C=O) groups is 1. The van der Waals surface area contributed by atoms with Crippen LogP contribution in [0.2, 0.25) is 5.02 Å². The Labute approximate surface area is 158 Å². The zero-order chi connectivity index (χ0) is 17.9. The van der Waals surface area contributed by atoms with E-state index in [9.17, 15) is 4.79 Å². The fourth-order valence-electron chi connectivity index (χ4n) is 2.43. The van der Waals surface area contributed by atoms with Crippen molar-refractivity contribution in [2.75, 3.05) is 17.9 Å². The van der Waals surface area contributed by atoms with Gasteiger partial charge in [0.05, 0.1) is 11.4 Å². The number of anilines is 1. The lowest BCUT2D eigenvalue weighted by Gasteiger charge is -2.08. The van der Waals surface area contributed by atoms with Gasteiger partial charge >= 0.3 is 0 Å². The molecule has 1 amide bonds. The molecule has 1 aliphatic heterocycles. The number of benzene rings is 2. The zero-order valence-corrected chi connectivity index (χ0v) is 15.0. The molecule has 7 nitrogen and oxygen atoms in total. The molecule has 2 aromatic carbocycles. The maximum absolute atomic E-state index is 12.2. The normalized spacial score (nSPS) is 12.2. The molecule has 0 unspecified atom stereocenters. The first-order chi connectivity index (χ1) is 12.7. The first-order valence-corrected chi connectivity index (χ1v) is 9.04. The number of nitrogens with zero attached hydrogens (tertiary/aromatic N) is 3. The largest absolute Gasteiger partial charge is 0.454 e. The SMILES string of the molecule is O=C(CSc1nncn1-c1cccc(Cl)c1)Nc1ccc2c(c1)OCO2. The highest BCUT2D eigenvalue weighted by Crippen LogP contribution is 2.34. The highest BCUT2D eigenvalue weighted by Gasteiger charge is 2.15. The number of carbonyl (C=O) groups excluding carboxylic acids is 1. The maximum Gasteiger partial charge on any atom is 0.234 e. The molecule has 0 saturated carbocycles. The number of fused-ring (bicyclic) bond motifs is 1. The fourth-order valence-corrected chi connectivity index (χ4v) is 3.34. The molecule has 4 rings (SSSR count). The average Bonchev–Trinajstić information content (AvgIpc) is 3.28. The van der Waals surface area contributed by atoms with Gasteiger partial charge in [0.15, 0.2) is 16.7 Å². The molecule has 0 saturated heterocycles. The Balaban J connectivity index is 1.40. The summed E-state index contributed by atoms with van der Waals surface area (Å²) in [7, 11) is 0. The van der Waals surface area contributed by atoms with Crippen LogP contribution in [0.15, 0.2) is 53.9 Å². The molecule has 0 fully saturated rings. The van der Waals surface area contributed by atoms with Crippen LogP contribution < -0.4 is 14.8 Å². The van der Waals surface area contributed by atoms with Gasteiger partial charge in [-0.1, -0.05) is 29.4 Å². The van der Waals surface area contributed by atoms with Crippen molar-refractivity contribution in [3.8, 4) is 17.2 Å². The van der Waals surface area contributed by atoms with E-state index in [1.807, 2.05) is 18.2 Å². The van der Waals surface area contributed by atoms with Crippen LogP contribution in [0, 0.1) is 0 Å². The highest BCUT2D eigenvalue weighted by molar-refractivity contribution is 7.99. The van der Waals surface area contributed by atoms with Crippen molar-refractivity contribution < 1.29 is 14.3 Å². The van der Waals surface area contributed by atoms with E-state index in [0.717, 1.165) is 5.69 Å². The minimum Gasteiger partial charge on any atom is -0.454 e. The van der Waals surface area contributed by atoms with Crippen molar-refractivity contribution in [1.82, 2.24) is 14.8 Å². The number of nitrogens with one attached hydrogen (secondary N) is 1. The smallest absolute Gasteiger partial charge is 0.234 e. The minimum atomic E-state index is -0.158. The molecule has 132 valence electrons. The van der Waals surface area contributed by atoms with Crippen molar-refractivity contribution in [3.05, 3.63) is 53.8 Å². The molecule has 1 N–H and O–H groups in total. The van der Waals surface area contributed by atoms with Crippen LogP contribution >= 0.6 is 23.4 Å². The molecule has 1 aliphatic rings. The first kappa shape index (κ1) is 16.7. The number of thioether (sulfide) groups is 1. The number of hydrogen-bond donors (Lipinski definition) is 1. The molecule has 0 spiro atoms. The van der Waals surface area contributed by atoms with Crippen molar-refractivity contribution in [2.45, 2.75) is 5.16 Å². The molecule has 0 radical (unpaired) electrons. The Hall–Kier alpha value is -2.71. The van der Waals surface area contributed by atoms with E-state index in [-0.39, 0.29) is 18.5 Å². The summed E-state index contributed by atoms with van der Waals surface area (Å²) in [6.07, 6.45) is 1.59. The van der Waals surface area contributed by atoms with Gasteiger partial charge in [-0.25, -0.2) is 0 Å². The van der Waals surface area contributed by atoms with Crippen LogP contribution in [-0.4, -0.2) is 33.2 Å². The third kappa shape index (κ3) is 3.61. The van der Waals surface area contributed by atoms with Gasteiger partial charge in [0.2, 0.25) is 12.7 Å². The lowest BCUT2D eigenvalue weighted by atomic mass is 10.3. The van der Waals surface area contributed by atoms with E-state index >= 15 is 0 Å². The average molecular weight is 389 g/mol. The van der Waals surface area contributed by atoms with Crippen molar-refractivity contribution in [1.29, 1.82) is 0 Å². The van der Waals surface area contributed by atoms with Crippen molar-refractivity contribution in [3.63, 3.8) is 0 Å². The van der Waals surface area contributed by atoms with Crippen LogP contribution in [0.4, 0.5) is 5.69 Å². The summed E-state index contributed by atoms with van der Waals surface area (Å²) in [6, 6.07) is 12.6. The fraction of sp³-hybridized carbons (Fsp3) is 0.118. The number of halogens is 1. The van der Waals surface area contributed by atoms with Crippen LogP contribution in [0.1, 0.15) is 0 Å². The summed E-state index contributed by atoms with van der Waals surface area (Å²) in [5, 5.41) is 12.0. The Morgan fingerprint density at radius 2 is 2.12 bits per heavy atom. The second kappa shape index (κ2) is 7.27. The maximum atomic E-state index is 12.2. The lowest BCUT2D eigenvalue weighted by molar-refractivity contribution is -0.113. The van der Waals surface area contributed by atoms with E-state index in [1.54, 1.807) is 35.2 Å². The van der Waals surface area contributed by atoms with Crippen molar-refractivity contribution in [2.24, 2.45) is 0 Å². The third-order valence-electron chi connectivity index (χ3n) is 3.59. The van der Waals surface area contributed by atoms with E-state index < -0.39 is 0 Å². The Morgan fingerprint density at radius 3 is 3.00 bits per heavy atom. The summed E-state index contributed by atoms with van der Waals surface area (Å²) in [5.74, 6) is 1.32. The van der Waals surface area contributed by atoms with Gasteiger partial charge in [-0.15, -0.1) is 10.2 Å². The van der Waals surface area contributed by atoms with E-state index in [4.69, 9.17) is 21.1 Å². The Morgan fingerprint density at radius 1 is 1.23 bits per heavy atom. The van der Waals surface area contributed by atoms with Crippen LogP contribution in [0.25, 0.3) is 5.69 Å². The minimum absolute atomic E-state index is 0.158. The van der Waals surface area contributed by atoms with Gasteiger partial charge in [-0.05, 0) is 30.3 Å². The van der Waals surface area contributed by atoms with Crippen LogP contribution in [0.3, 0.4) is 0 Å². The topological polar surface area (TPSA) is 78.3 Å². The van der Waals surface area contributed by atoms with Gasteiger partial charge in [-0.3, -0.25) is 9.36 Å². The second-order valence-corrected chi connectivity index (χ2v) is 6.75. The van der Waals surface area contributed by atoms with E-state index in [0.29, 0.717) is 27.4 Å². The second-order valence-electron chi connectivity index (χ2n) is 5.37. The predicted molar refractivity (Wildman–Crippen MR) is 98.3 cm³/mol. The molecular weight excluding hydrogens is 376 g/mol. The van der Waals surface area contributed by atoms with Crippen LogP contribution in [0.5, 0.6) is 11.5 Å². The summed E-state index contributed by atoms with van der Waals surface area (Å²) >= 11 is 7.31. The Kier molecular flexibility index (Phi) is 4.68. The van der Waals surface area contributed by atoms with Gasteiger partial charge in [0.25, 0.3) is 0 Å². The summed E-state index contributed by atoms with van der Waals surface area (Å²) in [6.45, 7) is 0.196. The summed E-state index contributed by atoms with van der Waals surface area (Å²) < 4.78 is 12.3. The van der Waals surface area contributed by atoms with Gasteiger partial charge in [0.1, 0.15) is 6.33 Å². The molecule has 3 aromatic rings. The van der Waals surface area contributed by atoms with Gasteiger partial charge in [-0.2, -0.15) is 0 Å². The van der Waals surface area contributed by atoms with E-state index in [1.165, 1.54) is 11.8 Å². The molecule has 2 heterocycles. The van der Waals surface area contributed by atoms with E-state index in [2.05, 4.69) is 15.5 Å². The standard InChI is InChI=1S/C17H13ClN4O3S/c18-11-2-1-3-13(6-11)22-9-19-21-17(22)26-8-16(23)20-12-4-5-14-15(7-12)25-10-24-14/h1-7,9H,8,10H2,(H,20,23). The number of amides is 1. The van der Waals surface area contributed by atoms with Gasteiger partial charge in [0, 0.05) is 16.8 Å². The molecule has 9 heteroatoms. The van der Waals surface area contributed by atoms with Crippen LogP contribution in [-0.2, 0) is 4.79 Å². The third-order valence-corrected chi connectivity index (χ3v) is 4.77. The quantitative estimate of drug-likeness (QED) is 0.675. The zero-order valence-electron chi connectivity index (χ0n) is 13.4. The highest BCUT2D eigenvalue weighted by atomic mass is 35.5. The molecule has 0 atom stereocenters. The first-order valence-electron chi connectivity index (χ1n) is 7.67. The molecule has 1 aromatic heterocycles. The number of rotatable bonds is 5. The van der Waals surface area contributed by atoms with Gasteiger partial charge < -0.3 is 14.8 Å². The monoisotopic (exact) mass is 388 g/mol. The summed E-state index contributed by atoms with van der Waals surface area (Å²) in [5.41, 5.74) is 1.48. The number of hydrogen-bond acceptors (Lipinski definition) is 6. The number of aromatic nitrogens is 3.